The Labute approximate surface area is 88.3 Å². The number of hydrogen-bond donors (Lipinski definition) is 2. The van der Waals surface area contributed by atoms with E-state index in [-0.39, 0.29) is 11.5 Å². The molecule has 0 heterocycles. The van der Waals surface area contributed by atoms with Crippen molar-refractivity contribution in [1.29, 1.82) is 0 Å². The Kier molecular flexibility index (Phi) is 4.60. The zero-order chi connectivity index (χ0) is 11.6. The average Bonchev–Trinajstić information content (AvgIpc) is 1.78. The molecule has 0 aromatic carbocycles. The van der Waals surface area contributed by atoms with E-state index >= 15 is 0 Å². The largest absolute Gasteiger partial charge is 0.393 e. The van der Waals surface area contributed by atoms with Gasteiger partial charge in [-0.1, -0.05) is 20.8 Å². The third-order valence-electron chi connectivity index (χ3n) is 2.92. The van der Waals surface area contributed by atoms with Crippen molar-refractivity contribution in [2.45, 2.75) is 66.1 Å². The van der Waals surface area contributed by atoms with Gasteiger partial charge in [0.2, 0.25) is 0 Å². The Bertz CT molecular complexity index is 166. The predicted octanol–water partition coefficient (Wildman–Crippen LogP) is 2.58. The monoisotopic (exact) mass is 202 g/mol. The third-order valence-corrected chi connectivity index (χ3v) is 2.92. The second-order valence-corrected chi connectivity index (χ2v) is 5.96. The molecule has 0 bridgehead atoms. The molecule has 2 heteroatoms. The topological polar surface area (TPSA) is 40.5 Å². The van der Waals surface area contributed by atoms with Crippen molar-refractivity contribution in [1.82, 2.24) is 0 Å². The van der Waals surface area contributed by atoms with Crippen LogP contribution in [0, 0.1) is 11.3 Å². The molecule has 0 aromatic heterocycles. The van der Waals surface area contributed by atoms with Crippen molar-refractivity contribution in [3.05, 3.63) is 0 Å². The lowest BCUT2D eigenvalue weighted by atomic mass is 9.71. The molecule has 0 saturated carbocycles. The van der Waals surface area contributed by atoms with E-state index in [0.717, 1.165) is 12.8 Å². The van der Waals surface area contributed by atoms with Crippen molar-refractivity contribution < 1.29 is 10.2 Å². The van der Waals surface area contributed by atoms with Crippen LogP contribution >= 0.6 is 0 Å². The molecule has 0 spiro atoms. The number of aliphatic hydroxyl groups is 2. The first-order valence-corrected chi connectivity index (χ1v) is 5.45. The zero-order valence-corrected chi connectivity index (χ0v) is 10.5. The van der Waals surface area contributed by atoms with Gasteiger partial charge in [-0.15, -0.1) is 0 Å². The van der Waals surface area contributed by atoms with Crippen LogP contribution in [-0.4, -0.2) is 21.9 Å². The molecule has 2 N–H and O–H groups in total. The van der Waals surface area contributed by atoms with Crippen LogP contribution in [0.25, 0.3) is 0 Å². The maximum Gasteiger partial charge on any atom is 0.0597 e. The molecule has 0 aliphatic carbocycles. The Morgan fingerprint density at radius 1 is 1.07 bits per heavy atom. The van der Waals surface area contributed by atoms with Crippen LogP contribution in [0.15, 0.2) is 0 Å². The highest BCUT2D eigenvalue weighted by Gasteiger charge is 2.32. The number of rotatable bonds is 5. The highest BCUT2D eigenvalue weighted by Crippen LogP contribution is 2.37. The van der Waals surface area contributed by atoms with Crippen LogP contribution in [0.1, 0.15) is 54.4 Å². The Hall–Kier alpha value is -0.0800. The minimum absolute atomic E-state index is 0.0647. The van der Waals surface area contributed by atoms with E-state index in [1.54, 1.807) is 0 Å². The molecule has 2 nitrogen and oxygen atoms in total. The Balaban J connectivity index is 4.30. The predicted molar refractivity (Wildman–Crippen MR) is 60.2 cm³/mol. The van der Waals surface area contributed by atoms with Crippen LogP contribution in [0.3, 0.4) is 0 Å². The first kappa shape index (κ1) is 13.9. The van der Waals surface area contributed by atoms with Gasteiger partial charge in [-0.25, -0.2) is 0 Å². The van der Waals surface area contributed by atoms with Gasteiger partial charge in [0.1, 0.15) is 0 Å². The number of hydrogen-bond acceptors (Lipinski definition) is 2. The molecule has 0 amide bonds. The molecule has 0 fully saturated rings. The maximum absolute atomic E-state index is 9.77. The van der Waals surface area contributed by atoms with Gasteiger partial charge in [0, 0.05) is 0 Å². The van der Waals surface area contributed by atoms with Gasteiger partial charge < -0.3 is 10.2 Å². The van der Waals surface area contributed by atoms with Crippen molar-refractivity contribution in [2.75, 3.05) is 0 Å². The average molecular weight is 202 g/mol. The Morgan fingerprint density at radius 3 is 1.79 bits per heavy atom. The molecule has 0 aliphatic rings. The van der Waals surface area contributed by atoms with Gasteiger partial charge in [-0.3, -0.25) is 0 Å². The number of aliphatic hydroxyl groups excluding tert-OH is 1. The summed E-state index contributed by atoms with van der Waals surface area (Å²) in [6.45, 7) is 11.9. The molecule has 0 radical (unpaired) electrons. The summed E-state index contributed by atoms with van der Waals surface area (Å²) in [6, 6.07) is 0. The van der Waals surface area contributed by atoms with Gasteiger partial charge >= 0.3 is 0 Å². The van der Waals surface area contributed by atoms with E-state index in [1.165, 1.54) is 0 Å². The summed E-state index contributed by atoms with van der Waals surface area (Å²) in [7, 11) is 0. The minimum Gasteiger partial charge on any atom is -0.393 e. The molecule has 0 saturated heterocycles. The molecule has 0 aromatic rings. The van der Waals surface area contributed by atoms with Gasteiger partial charge in [-0.05, 0) is 44.9 Å². The fourth-order valence-corrected chi connectivity index (χ4v) is 2.12. The van der Waals surface area contributed by atoms with Crippen LogP contribution in [-0.2, 0) is 0 Å². The molecule has 0 rings (SSSR count). The maximum atomic E-state index is 9.77. The van der Waals surface area contributed by atoms with E-state index in [0.29, 0.717) is 5.92 Å². The second-order valence-electron chi connectivity index (χ2n) is 5.96. The van der Waals surface area contributed by atoms with Gasteiger partial charge in [0.15, 0.2) is 0 Å². The molecular weight excluding hydrogens is 176 g/mol. The fourth-order valence-electron chi connectivity index (χ4n) is 2.12. The summed E-state index contributed by atoms with van der Waals surface area (Å²) < 4.78 is 0. The van der Waals surface area contributed by atoms with Crippen molar-refractivity contribution in [3.63, 3.8) is 0 Å². The lowest BCUT2D eigenvalue weighted by Gasteiger charge is -2.37. The van der Waals surface area contributed by atoms with Gasteiger partial charge in [-0.2, -0.15) is 0 Å². The first-order chi connectivity index (χ1) is 6.04. The summed E-state index contributed by atoms with van der Waals surface area (Å²) >= 11 is 0. The standard InChI is InChI=1S/C12H26O2/c1-9(7-10(2)13)11(3,4)8-12(5,6)14/h9-10,13-14H,7-8H2,1-6H3. The summed E-state index contributed by atoms with van der Waals surface area (Å²) in [5, 5.41) is 19.1. The smallest absolute Gasteiger partial charge is 0.0597 e. The second kappa shape index (κ2) is 4.63. The fraction of sp³-hybridized carbons (Fsp3) is 1.00. The van der Waals surface area contributed by atoms with Crippen molar-refractivity contribution in [2.24, 2.45) is 11.3 Å². The summed E-state index contributed by atoms with van der Waals surface area (Å²) in [4.78, 5) is 0. The van der Waals surface area contributed by atoms with Crippen molar-refractivity contribution in [3.8, 4) is 0 Å². The van der Waals surface area contributed by atoms with E-state index in [4.69, 9.17) is 0 Å². The quantitative estimate of drug-likeness (QED) is 0.719. The molecule has 14 heavy (non-hydrogen) atoms. The SMILES string of the molecule is CC(O)CC(C)C(C)(C)CC(C)(C)O. The van der Waals surface area contributed by atoms with Gasteiger partial charge in [0.05, 0.1) is 11.7 Å². The van der Waals surface area contributed by atoms with Crippen LogP contribution in [0.5, 0.6) is 0 Å². The van der Waals surface area contributed by atoms with E-state index in [9.17, 15) is 10.2 Å². The molecule has 2 atom stereocenters. The Morgan fingerprint density at radius 2 is 1.50 bits per heavy atom. The van der Waals surface area contributed by atoms with Crippen LogP contribution in [0.4, 0.5) is 0 Å². The lowest BCUT2D eigenvalue weighted by molar-refractivity contribution is 0.00452. The zero-order valence-electron chi connectivity index (χ0n) is 10.5. The summed E-state index contributed by atoms with van der Waals surface area (Å²) in [6.07, 6.45) is 1.29. The van der Waals surface area contributed by atoms with Crippen molar-refractivity contribution >= 4 is 0 Å². The highest BCUT2D eigenvalue weighted by molar-refractivity contribution is 4.83. The summed E-state index contributed by atoms with van der Waals surface area (Å²) in [5.74, 6) is 0.411. The molecule has 2 unspecified atom stereocenters. The van der Waals surface area contributed by atoms with Crippen LogP contribution < -0.4 is 0 Å². The normalized spacial score (nSPS) is 18.0. The van der Waals surface area contributed by atoms with E-state index in [1.807, 2.05) is 20.8 Å². The minimum atomic E-state index is -0.629. The first-order valence-electron chi connectivity index (χ1n) is 5.45. The lowest BCUT2D eigenvalue weighted by Crippen LogP contribution is -2.33. The van der Waals surface area contributed by atoms with Crippen LogP contribution in [0.2, 0.25) is 0 Å². The third kappa shape index (κ3) is 5.61. The molecule has 86 valence electrons. The van der Waals surface area contributed by atoms with Gasteiger partial charge in [0.25, 0.3) is 0 Å². The summed E-state index contributed by atoms with van der Waals surface area (Å²) in [5.41, 5.74) is -0.564. The van der Waals surface area contributed by atoms with E-state index < -0.39 is 5.60 Å². The van der Waals surface area contributed by atoms with E-state index in [2.05, 4.69) is 20.8 Å². The molecular formula is C12H26O2. The highest BCUT2D eigenvalue weighted by atomic mass is 16.3. The molecule has 0 aliphatic heterocycles.